The van der Waals surface area contributed by atoms with E-state index in [1.807, 2.05) is 29.0 Å². The van der Waals surface area contributed by atoms with Gasteiger partial charge in [0.25, 0.3) is 0 Å². The van der Waals surface area contributed by atoms with Crippen molar-refractivity contribution in [1.29, 1.82) is 0 Å². The zero-order valence-corrected chi connectivity index (χ0v) is 12.5. The predicted molar refractivity (Wildman–Crippen MR) is 85.7 cm³/mol. The number of allylic oxidation sites excluding steroid dienone is 1. The van der Waals surface area contributed by atoms with E-state index in [0.29, 0.717) is 5.70 Å². The average Bonchev–Trinajstić information content (AvgIpc) is 2.97. The zero-order chi connectivity index (χ0) is 15.8. The van der Waals surface area contributed by atoms with Crippen molar-refractivity contribution in [1.82, 2.24) is 9.55 Å². The van der Waals surface area contributed by atoms with Crippen LogP contribution in [0.5, 0.6) is 0 Å². The normalized spacial score (nSPS) is 11.8. The molecule has 5 nitrogen and oxygen atoms in total. The number of benzene rings is 1. The first-order chi connectivity index (χ1) is 10.6. The predicted octanol–water partition coefficient (Wildman–Crippen LogP) is 2.35. The lowest BCUT2D eigenvalue weighted by atomic mass is 10.1. The molecule has 1 heterocycles. The minimum atomic E-state index is -0.430. The van der Waals surface area contributed by atoms with Gasteiger partial charge in [0.15, 0.2) is 0 Å². The number of imidazole rings is 1. The Bertz CT molecular complexity index is 652. The number of hydrogen-bond acceptors (Lipinski definition) is 4. The summed E-state index contributed by atoms with van der Waals surface area (Å²) in [7, 11) is 0. The van der Waals surface area contributed by atoms with E-state index >= 15 is 0 Å². The molecule has 2 rings (SSSR count). The van der Waals surface area contributed by atoms with Gasteiger partial charge in [-0.1, -0.05) is 30.3 Å². The second kappa shape index (κ2) is 7.83. The van der Waals surface area contributed by atoms with Gasteiger partial charge >= 0.3 is 5.97 Å². The van der Waals surface area contributed by atoms with Crippen molar-refractivity contribution < 1.29 is 9.53 Å². The summed E-state index contributed by atoms with van der Waals surface area (Å²) in [5.74, 6) is -0.430. The van der Waals surface area contributed by atoms with Crippen molar-refractivity contribution in [3.8, 4) is 0 Å². The second-order valence-electron chi connectivity index (χ2n) is 4.90. The zero-order valence-electron chi connectivity index (χ0n) is 12.5. The van der Waals surface area contributed by atoms with Crippen LogP contribution in [0.3, 0.4) is 0 Å². The van der Waals surface area contributed by atoms with Gasteiger partial charge < -0.3 is 15.0 Å². The van der Waals surface area contributed by atoms with Gasteiger partial charge in [0.2, 0.25) is 0 Å². The van der Waals surface area contributed by atoms with Gasteiger partial charge in [-0.3, -0.25) is 0 Å². The molecule has 1 aromatic heterocycles. The summed E-state index contributed by atoms with van der Waals surface area (Å²) in [5, 5.41) is 0. The molecule has 2 aromatic rings. The van der Waals surface area contributed by atoms with Gasteiger partial charge in [-0.25, -0.2) is 9.78 Å². The molecular formula is C17H19N3O2. The number of nitrogens with two attached hydrogens (primary N) is 1. The maximum atomic E-state index is 11.2. The fourth-order valence-electron chi connectivity index (χ4n) is 1.87. The summed E-state index contributed by atoms with van der Waals surface area (Å²) < 4.78 is 6.99. The fourth-order valence-corrected chi connectivity index (χ4v) is 1.87. The van der Waals surface area contributed by atoms with Crippen LogP contribution in [0, 0.1) is 0 Å². The van der Waals surface area contributed by atoms with Crippen molar-refractivity contribution >= 4 is 12.0 Å². The van der Waals surface area contributed by atoms with Crippen molar-refractivity contribution in [2.75, 3.05) is 6.61 Å². The molecular weight excluding hydrogens is 278 g/mol. The summed E-state index contributed by atoms with van der Waals surface area (Å²) in [6, 6.07) is 8.17. The molecule has 0 aliphatic rings. The van der Waals surface area contributed by atoms with Gasteiger partial charge in [-0.15, -0.1) is 0 Å². The van der Waals surface area contributed by atoms with Crippen LogP contribution in [0.1, 0.15) is 18.1 Å². The first-order valence-electron chi connectivity index (χ1n) is 6.95. The molecule has 2 N–H and O–H groups in total. The molecule has 0 bridgehead atoms. The topological polar surface area (TPSA) is 70.1 Å². The number of carbonyl (C=O) groups excluding carboxylic acids is 1. The first kappa shape index (κ1) is 15.6. The Morgan fingerprint density at radius 3 is 2.77 bits per heavy atom. The average molecular weight is 297 g/mol. The van der Waals surface area contributed by atoms with E-state index in [1.54, 1.807) is 25.5 Å². The number of esters is 1. The minimum absolute atomic E-state index is 0.222. The third-order valence-corrected chi connectivity index (χ3v) is 2.88. The molecule has 0 aliphatic carbocycles. The maximum absolute atomic E-state index is 11.2. The molecule has 114 valence electrons. The lowest BCUT2D eigenvalue weighted by molar-refractivity contribution is -0.136. The SMILES string of the molecule is C/C(N)=C/C(=O)OC/C=C\c1ccc(Cn2ccnc2)cc1. The van der Waals surface area contributed by atoms with E-state index in [0.717, 1.165) is 12.1 Å². The van der Waals surface area contributed by atoms with Crippen molar-refractivity contribution in [3.63, 3.8) is 0 Å². The molecule has 5 heteroatoms. The number of hydrogen-bond donors (Lipinski definition) is 1. The number of ether oxygens (including phenoxy) is 1. The molecule has 0 radical (unpaired) electrons. The van der Waals surface area contributed by atoms with Crippen LogP contribution >= 0.6 is 0 Å². The van der Waals surface area contributed by atoms with E-state index in [2.05, 4.69) is 17.1 Å². The highest BCUT2D eigenvalue weighted by atomic mass is 16.5. The third kappa shape index (κ3) is 5.28. The van der Waals surface area contributed by atoms with Crippen molar-refractivity contribution in [2.24, 2.45) is 5.73 Å². The summed E-state index contributed by atoms with van der Waals surface area (Å²) in [6.07, 6.45) is 10.5. The summed E-state index contributed by atoms with van der Waals surface area (Å²) in [4.78, 5) is 15.3. The fraction of sp³-hybridized carbons (Fsp3) is 0.176. The standard InChI is InChI=1S/C17H19N3O2/c1-14(18)11-17(21)22-10-2-3-15-4-6-16(7-5-15)12-20-9-8-19-13-20/h2-9,11,13H,10,12,18H2,1H3/b3-2-,14-11-. The molecule has 0 unspecified atom stereocenters. The lowest BCUT2D eigenvalue weighted by Crippen LogP contribution is -2.03. The Balaban J connectivity index is 1.82. The van der Waals surface area contributed by atoms with E-state index in [-0.39, 0.29) is 6.61 Å². The van der Waals surface area contributed by atoms with Gasteiger partial charge in [0.1, 0.15) is 6.61 Å². The van der Waals surface area contributed by atoms with Crippen LogP contribution in [0.15, 0.2) is 60.8 Å². The highest BCUT2D eigenvalue weighted by Gasteiger charge is 1.96. The highest BCUT2D eigenvalue weighted by Crippen LogP contribution is 2.08. The Labute approximate surface area is 129 Å². The summed E-state index contributed by atoms with van der Waals surface area (Å²) >= 11 is 0. The van der Waals surface area contributed by atoms with E-state index in [4.69, 9.17) is 10.5 Å². The monoisotopic (exact) mass is 297 g/mol. The number of aromatic nitrogens is 2. The van der Waals surface area contributed by atoms with E-state index < -0.39 is 5.97 Å². The quantitative estimate of drug-likeness (QED) is 0.656. The van der Waals surface area contributed by atoms with Crippen LogP contribution in [0.4, 0.5) is 0 Å². The smallest absolute Gasteiger partial charge is 0.332 e. The lowest BCUT2D eigenvalue weighted by Gasteiger charge is -2.03. The molecule has 0 saturated carbocycles. The molecule has 0 aliphatic heterocycles. The largest absolute Gasteiger partial charge is 0.458 e. The number of carbonyl (C=O) groups is 1. The third-order valence-electron chi connectivity index (χ3n) is 2.88. The molecule has 0 fully saturated rings. The van der Waals surface area contributed by atoms with E-state index in [1.165, 1.54) is 11.6 Å². The minimum Gasteiger partial charge on any atom is -0.458 e. The molecule has 0 spiro atoms. The van der Waals surface area contributed by atoms with E-state index in [9.17, 15) is 4.79 Å². The molecule has 0 saturated heterocycles. The van der Waals surface area contributed by atoms with Crippen molar-refractivity contribution in [2.45, 2.75) is 13.5 Å². The van der Waals surface area contributed by atoms with Crippen LogP contribution in [-0.4, -0.2) is 22.1 Å². The molecule has 0 amide bonds. The molecule has 0 atom stereocenters. The Kier molecular flexibility index (Phi) is 5.54. The van der Waals surface area contributed by atoms with Crippen LogP contribution in [0.25, 0.3) is 6.08 Å². The molecule has 1 aromatic carbocycles. The van der Waals surface area contributed by atoms with Gasteiger partial charge in [-0.2, -0.15) is 0 Å². The van der Waals surface area contributed by atoms with Crippen molar-refractivity contribution in [3.05, 3.63) is 72.0 Å². The number of nitrogens with zero attached hydrogens (tertiary/aromatic N) is 2. The van der Waals surface area contributed by atoms with Crippen LogP contribution < -0.4 is 5.73 Å². The van der Waals surface area contributed by atoms with Crippen LogP contribution in [0.2, 0.25) is 0 Å². The number of rotatable bonds is 6. The second-order valence-corrected chi connectivity index (χ2v) is 4.90. The van der Waals surface area contributed by atoms with Crippen LogP contribution in [-0.2, 0) is 16.1 Å². The Morgan fingerprint density at radius 1 is 1.36 bits per heavy atom. The first-order valence-corrected chi connectivity index (χ1v) is 6.95. The maximum Gasteiger partial charge on any atom is 0.332 e. The van der Waals surface area contributed by atoms with Gasteiger partial charge in [0, 0.05) is 30.7 Å². The Hall–Kier alpha value is -2.82. The Morgan fingerprint density at radius 2 is 2.14 bits per heavy atom. The summed E-state index contributed by atoms with van der Waals surface area (Å²) in [6.45, 7) is 2.66. The summed E-state index contributed by atoms with van der Waals surface area (Å²) in [5.41, 5.74) is 8.07. The highest BCUT2D eigenvalue weighted by molar-refractivity contribution is 5.82. The molecule has 22 heavy (non-hydrogen) atoms. The van der Waals surface area contributed by atoms with Gasteiger partial charge in [-0.05, 0) is 24.1 Å². The van der Waals surface area contributed by atoms with Gasteiger partial charge in [0.05, 0.1) is 6.33 Å².